The van der Waals surface area contributed by atoms with Crippen LogP contribution in [0.4, 0.5) is 0 Å². The van der Waals surface area contributed by atoms with E-state index in [4.69, 9.17) is 0 Å². The van der Waals surface area contributed by atoms with Gasteiger partial charge in [-0.15, -0.1) is 0 Å². The summed E-state index contributed by atoms with van der Waals surface area (Å²) in [4.78, 5) is 12.2. The summed E-state index contributed by atoms with van der Waals surface area (Å²) in [6.45, 7) is 4.19. The van der Waals surface area contributed by atoms with Crippen LogP contribution in [0.15, 0.2) is 36.5 Å². The molecule has 3 N–H and O–H groups in total. The molecule has 198 valence electrons. The molecule has 2 atom stereocenters. The van der Waals surface area contributed by atoms with Crippen LogP contribution in [0.2, 0.25) is 0 Å². The highest BCUT2D eigenvalue weighted by Gasteiger charge is 2.17. The van der Waals surface area contributed by atoms with Crippen LogP contribution < -0.4 is 5.32 Å². The summed E-state index contributed by atoms with van der Waals surface area (Å²) < 4.78 is 0. The zero-order valence-electron chi connectivity index (χ0n) is 22.4. The lowest BCUT2D eigenvalue weighted by Crippen LogP contribution is -2.45. The molecule has 4 heteroatoms. The second kappa shape index (κ2) is 26.2. The minimum atomic E-state index is -0.859. The van der Waals surface area contributed by atoms with Crippen LogP contribution in [0, 0.1) is 0 Å². The van der Waals surface area contributed by atoms with Gasteiger partial charge in [0, 0.05) is 6.42 Å². The molecular weight excluding hydrogens is 422 g/mol. The summed E-state index contributed by atoms with van der Waals surface area (Å²) in [5.41, 5.74) is 0. The molecule has 0 spiro atoms. The number of unbranched alkanes of at least 4 members (excludes halogenated alkanes) is 13. The summed E-state index contributed by atoms with van der Waals surface area (Å²) in [5, 5.41) is 22.6. The van der Waals surface area contributed by atoms with Crippen molar-refractivity contribution in [1.82, 2.24) is 5.32 Å². The molecule has 0 aromatic carbocycles. The third kappa shape index (κ3) is 22.4. The van der Waals surface area contributed by atoms with E-state index in [0.29, 0.717) is 6.42 Å². The fourth-order valence-electron chi connectivity index (χ4n) is 3.82. The number of carbonyl (C=O) groups excluding carboxylic acids is 1. The smallest absolute Gasteiger partial charge is 0.220 e. The molecule has 34 heavy (non-hydrogen) atoms. The highest BCUT2D eigenvalue weighted by Crippen LogP contribution is 2.09. The van der Waals surface area contributed by atoms with E-state index in [1.807, 2.05) is 6.08 Å². The van der Waals surface area contributed by atoms with Crippen molar-refractivity contribution in [2.24, 2.45) is 0 Å². The second-order valence-electron chi connectivity index (χ2n) is 9.45. The van der Waals surface area contributed by atoms with Gasteiger partial charge < -0.3 is 15.5 Å². The number of aliphatic hydroxyl groups excluding tert-OH is 2. The van der Waals surface area contributed by atoms with Crippen LogP contribution in [-0.2, 0) is 4.79 Å². The van der Waals surface area contributed by atoms with Gasteiger partial charge in [0.1, 0.15) is 0 Å². The monoisotopic (exact) mass is 477 g/mol. The number of carbonyl (C=O) groups is 1. The van der Waals surface area contributed by atoms with Crippen LogP contribution in [-0.4, -0.2) is 34.9 Å². The van der Waals surface area contributed by atoms with E-state index < -0.39 is 12.1 Å². The van der Waals surface area contributed by atoms with E-state index in [1.165, 1.54) is 64.2 Å². The van der Waals surface area contributed by atoms with Crippen molar-refractivity contribution in [3.63, 3.8) is 0 Å². The molecule has 0 aromatic rings. The summed E-state index contributed by atoms with van der Waals surface area (Å²) in [6, 6.07) is -0.637. The Balaban J connectivity index is 3.80. The molecule has 0 radical (unpaired) electrons. The van der Waals surface area contributed by atoms with Crippen LogP contribution in [0.3, 0.4) is 0 Å². The predicted octanol–water partition coefficient (Wildman–Crippen LogP) is 7.55. The summed E-state index contributed by atoms with van der Waals surface area (Å²) in [7, 11) is 0. The van der Waals surface area contributed by atoms with Crippen LogP contribution >= 0.6 is 0 Å². The molecule has 0 saturated carbocycles. The maximum absolute atomic E-state index is 12.2. The quantitative estimate of drug-likeness (QED) is 0.0992. The van der Waals surface area contributed by atoms with E-state index in [1.54, 1.807) is 6.08 Å². The Morgan fingerprint density at radius 2 is 1.18 bits per heavy atom. The SMILES string of the molecule is CCCC/C=C\CCCCCCCC(=O)NC(CO)C(O)/C=C/CC/C=C/CCCCCCC. The van der Waals surface area contributed by atoms with Gasteiger partial charge in [-0.1, -0.05) is 108 Å². The summed E-state index contributed by atoms with van der Waals surface area (Å²) >= 11 is 0. The first-order chi connectivity index (χ1) is 16.7. The topological polar surface area (TPSA) is 69.6 Å². The lowest BCUT2D eigenvalue weighted by Gasteiger charge is -2.19. The largest absolute Gasteiger partial charge is 0.394 e. The number of nitrogens with one attached hydrogen (secondary N) is 1. The molecule has 2 unspecified atom stereocenters. The van der Waals surface area contributed by atoms with E-state index in [0.717, 1.165) is 44.9 Å². The molecule has 0 saturated heterocycles. The fraction of sp³-hybridized carbons (Fsp3) is 0.767. The van der Waals surface area contributed by atoms with Crippen molar-refractivity contribution < 1.29 is 15.0 Å². The van der Waals surface area contributed by atoms with E-state index >= 15 is 0 Å². The summed E-state index contributed by atoms with van der Waals surface area (Å²) in [5.74, 6) is -0.0905. The Bertz CT molecular complexity index is 527. The third-order valence-electron chi connectivity index (χ3n) is 6.10. The molecule has 0 rings (SSSR count). The first-order valence-electron chi connectivity index (χ1n) is 14.2. The Kier molecular flexibility index (Phi) is 25.1. The maximum Gasteiger partial charge on any atom is 0.220 e. The normalized spacial score (nSPS) is 13.9. The zero-order valence-corrected chi connectivity index (χ0v) is 22.4. The minimum Gasteiger partial charge on any atom is -0.394 e. The van der Waals surface area contributed by atoms with Crippen molar-refractivity contribution in [3.8, 4) is 0 Å². The van der Waals surface area contributed by atoms with Crippen molar-refractivity contribution in [2.75, 3.05) is 6.61 Å². The lowest BCUT2D eigenvalue weighted by molar-refractivity contribution is -0.123. The molecule has 4 nitrogen and oxygen atoms in total. The molecule has 1 amide bonds. The minimum absolute atomic E-state index is 0.0905. The standard InChI is InChI=1S/C30H55NO3/c1-3-5-7-9-11-13-15-17-19-21-23-25-29(33)28(27-32)31-30(34)26-24-22-20-18-16-14-12-10-8-6-4-2/h10,12,15,17,23,25,28-29,32-33H,3-9,11,13-14,16,18-22,24,26-27H2,1-2H3,(H,31,34)/b12-10-,17-15+,25-23+. The number of hydrogen-bond acceptors (Lipinski definition) is 3. The van der Waals surface area contributed by atoms with Crippen LogP contribution in [0.1, 0.15) is 129 Å². The predicted molar refractivity (Wildman–Crippen MR) is 147 cm³/mol. The average Bonchev–Trinajstić information content (AvgIpc) is 2.84. The second-order valence-corrected chi connectivity index (χ2v) is 9.45. The van der Waals surface area contributed by atoms with Gasteiger partial charge in [-0.05, 0) is 51.4 Å². The molecule has 0 heterocycles. The highest BCUT2D eigenvalue weighted by atomic mass is 16.3. The van der Waals surface area contributed by atoms with Gasteiger partial charge in [0.05, 0.1) is 18.8 Å². The highest BCUT2D eigenvalue weighted by molar-refractivity contribution is 5.76. The van der Waals surface area contributed by atoms with E-state index in [2.05, 4.69) is 43.5 Å². The van der Waals surface area contributed by atoms with Crippen molar-refractivity contribution in [1.29, 1.82) is 0 Å². The maximum atomic E-state index is 12.2. The van der Waals surface area contributed by atoms with Gasteiger partial charge >= 0.3 is 0 Å². The molecule has 0 bridgehead atoms. The lowest BCUT2D eigenvalue weighted by atomic mass is 10.1. The van der Waals surface area contributed by atoms with Crippen LogP contribution in [0.25, 0.3) is 0 Å². The Labute approximate surface area is 211 Å². The average molecular weight is 478 g/mol. The summed E-state index contributed by atoms with van der Waals surface area (Å²) in [6.07, 6.45) is 32.1. The first kappa shape index (κ1) is 32.6. The number of amides is 1. The van der Waals surface area contributed by atoms with Crippen molar-refractivity contribution in [2.45, 2.75) is 142 Å². The van der Waals surface area contributed by atoms with Crippen LogP contribution in [0.5, 0.6) is 0 Å². The van der Waals surface area contributed by atoms with Crippen molar-refractivity contribution in [3.05, 3.63) is 36.5 Å². The molecule has 0 aliphatic carbocycles. The molecule has 0 fully saturated rings. The molecule has 0 aliphatic rings. The third-order valence-corrected chi connectivity index (χ3v) is 6.10. The molecule has 0 aliphatic heterocycles. The van der Waals surface area contributed by atoms with E-state index in [9.17, 15) is 15.0 Å². The van der Waals surface area contributed by atoms with Gasteiger partial charge in [0.15, 0.2) is 0 Å². The van der Waals surface area contributed by atoms with Gasteiger partial charge in [0.2, 0.25) is 5.91 Å². The van der Waals surface area contributed by atoms with Gasteiger partial charge in [-0.3, -0.25) is 4.79 Å². The number of hydrogen-bond donors (Lipinski definition) is 3. The Morgan fingerprint density at radius 1 is 0.676 bits per heavy atom. The van der Waals surface area contributed by atoms with Crippen molar-refractivity contribution >= 4 is 5.91 Å². The van der Waals surface area contributed by atoms with Gasteiger partial charge in [-0.25, -0.2) is 0 Å². The van der Waals surface area contributed by atoms with Gasteiger partial charge in [-0.2, -0.15) is 0 Å². The zero-order chi connectivity index (χ0) is 25.1. The van der Waals surface area contributed by atoms with E-state index in [-0.39, 0.29) is 12.5 Å². The number of allylic oxidation sites excluding steroid dienone is 5. The fourth-order valence-corrected chi connectivity index (χ4v) is 3.82. The molecule has 0 aromatic heterocycles. The first-order valence-corrected chi connectivity index (χ1v) is 14.2. The Morgan fingerprint density at radius 3 is 1.79 bits per heavy atom. The number of aliphatic hydroxyl groups is 2. The van der Waals surface area contributed by atoms with Gasteiger partial charge in [0.25, 0.3) is 0 Å². The number of rotatable bonds is 24. The molecular formula is C30H55NO3. The Hall–Kier alpha value is -1.39.